The molecule has 1 atom stereocenters. The first-order valence-corrected chi connectivity index (χ1v) is 2.96. The van der Waals surface area contributed by atoms with Gasteiger partial charge in [0.05, 0.1) is 13.0 Å². The molecule has 0 aliphatic rings. The van der Waals surface area contributed by atoms with Crippen LogP contribution >= 0.6 is 12.6 Å². The van der Waals surface area contributed by atoms with Gasteiger partial charge in [-0.2, -0.15) is 0 Å². The lowest BCUT2D eigenvalue weighted by molar-refractivity contribution is -0.143. The number of hydrogen-bond donors (Lipinski definition) is 0. The molecular weight excluding hydrogens is 124 g/mol. The number of ether oxygens (including phenoxy) is 1. The highest BCUT2D eigenvalue weighted by molar-refractivity contribution is 7.80. The maximum Gasteiger partial charge on any atom is 0.309 e. The van der Waals surface area contributed by atoms with Crippen LogP contribution in [-0.2, 0) is 9.53 Å². The lowest BCUT2D eigenvalue weighted by Gasteiger charge is -2.01. The summed E-state index contributed by atoms with van der Waals surface area (Å²) < 4.78 is 4.40. The van der Waals surface area contributed by atoms with E-state index in [0.29, 0.717) is 5.75 Å². The molecule has 1 unspecified atom stereocenters. The molecule has 0 aliphatic heterocycles. The van der Waals surface area contributed by atoms with Gasteiger partial charge in [0, 0.05) is 5.75 Å². The van der Waals surface area contributed by atoms with Crippen molar-refractivity contribution in [3.8, 4) is 0 Å². The Balaban J connectivity index is 3.46. The Labute approximate surface area is 54.6 Å². The number of hydrogen-bond acceptors (Lipinski definition) is 2. The summed E-state index contributed by atoms with van der Waals surface area (Å²) in [6, 6.07) is 0. The molecule has 1 radical (unpaired) electrons. The van der Waals surface area contributed by atoms with Crippen molar-refractivity contribution >= 4 is 18.6 Å². The average Bonchev–Trinajstić information content (AvgIpc) is 1.84. The Morgan fingerprint density at radius 3 is 2.50 bits per heavy atom. The number of carbonyl (C=O) groups is 1. The molecule has 0 fully saturated rings. The molecule has 0 N–H and O–H groups in total. The van der Waals surface area contributed by atoms with Gasteiger partial charge in [0.1, 0.15) is 0 Å². The van der Waals surface area contributed by atoms with Crippen molar-refractivity contribution in [2.75, 3.05) is 12.9 Å². The number of esters is 1. The SMILES string of the molecule is COC(=O)C(C)C[S]. The summed E-state index contributed by atoms with van der Waals surface area (Å²) in [6.45, 7) is 1.75. The van der Waals surface area contributed by atoms with Gasteiger partial charge in [-0.3, -0.25) is 4.79 Å². The van der Waals surface area contributed by atoms with E-state index in [-0.39, 0.29) is 11.9 Å². The van der Waals surface area contributed by atoms with Gasteiger partial charge in [0.2, 0.25) is 0 Å². The summed E-state index contributed by atoms with van der Waals surface area (Å²) in [5, 5.41) is 0. The fourth-order valence-electron chi connectivity index (χ4n) is 0.269. The minimum absolute atomic E-state index is 0.130. The van der Waals surface area contributed by atoms with E-state index < -0.39 is 0 Å². The van der Waals surface area contributed by atoms with Crippen molar-refractivity contribution in [1.29, 1.82) is 0 Å². The number of rotatable bonds is 2. The molecule has 0 saturated carbocycles. The topological polar surface area (TPSA) is 26.3 Å². The van der Waals surface area contributed by atoms with E-state index in [0.717, 1.165) is 0 Å². The van der Waals surface area contributed by atoms with Crippen LogP contribution in [0, 0.1) is 5.92 Å². The Kier molecular flexibility index (Phi) is 3.69. The second kappa shape index (κ2) is 3.78. The third-order valence-corrected chi connectivity index (χ3v) is 1.35. The monoisotopic (exact) mass is 133 g/mol. The molecule has 47 valence electrons. The lowest BCUT2D eigenvalue weighted by atomic mass is 10.2. The van der Waals surface area contributed by atoms with E-state index in [2.05, 4.69) is 17.4 Å². The van der Waals surface area contributed by atoms with Crippen LogP contribution in [0.2, 0.25) is 0 Å². The highest BCUT2D eigenvalue weighted by Gasteiger charge is 2.09. The van der Waals surface area contributed by atoms with Crippen LogP contribution in [0.4, 0.5) is 0 Å². The Morgan fingerprint density at radius 2 is 2.38 bits per heavy atom. The fourth-order valence-corrected chi connectivity index (χ4v) is 0.405. The van der Waals surface area contributed by atoms with Crippen molar-refractivity contribution in [1.82, 2.24) is 0 Å². The molecule has 0 amide bonds. The molecule has 0 heterocycles. The van der Waals surface area contributed by atoms with Gasteiger partial charge in [0.25, 0.3) is 0 Å². The molecule has 0 aromatic carbocycles. The zero-order valence-corrected chi connectivity index (χ0v) is 5.83. The number of carbonyl (C=O) groups excluding carboxylic acids is 1. The van der Waals surface area contributed by atoms with Crippen molar-refractivity contribution in [2.45, 2.75) is 6.92 Å². The van der Waals surface area contributed by atoms with Crippen molar-refractivity contribution < 1.29 is 9.53 Å². The normalized spacial score (nSPS) is 12.9. The summed E-state index contributed by atoms with van der Waals surface area (Å²) in [4.78, 5) is 10.5. The summed E-state index contributed by atoms with van der Waals surface area (Å²) >= 11 is 4.62. The Hall–Kier alpha value is -0.180. The molecule has 0 aromatic heterocycles. The van der Waals surface area contributed by atoms with Gasteiger partial charge in [0.15, 0.2) is 0 Å². The summed E-state index contributed by atoms with van der Waals surface area (Å²) in [6.07, 6.45) is 0. The smallest absolute Gasteiger partial charge is 0.309 e. The lowest BCUT2D eigenvalue weighted by Crippen LogP contribution is -2.13. The van der Waals surface area contributed by atoms with Crippen LogP contribution in [-0.4, -0.2) is 18.8 Å². The van der Waals surface area contributed by atoms with E-state index >= 15 is 0 Å². The second-order valence-corrected chi connectivity index (χ2v) is 1.92. The summed E-state index contributed by atoms with van der Waals surface area (Å²) in [5.74, 6) is 0.0853. The van der Waals surface area contributed by atoms with Gasteiger partial charge < -0.3 is 4.74 Å². The zero-order valence-electron chi connectivity index (χ0n) is 5.01. The molecule has 8 heavy (non-hydrogen) atoms. The van der Waals surface area contributed by atoms with Crippen LogP contribution in [0.5, 0.6) is 0 Å². The van der Waals surface area contributed by atoms with Crippen LogP contribution in [0.15, 0.2) is 0 Å². The Morgan fingerprint density at radius 1 is 1.88 bits per heavy atom. The van der Waals surface area contributed by atoms with E-state index in [1.54, 1.807) is 6.92 Å². The van der Waals surface area contributed by atoms with Crippen LogP contribution in [0.1, 0.15) is 6.92 Å². The van der Waals surface area contributed by atoms with Gasteiger partial charge in [-0.25, -0.2) is 0 Å². The third kappa shape index (κ3) is 2.21. The first-order valence-electron chi connectivity index (χ1n) is 2.38. The van der Waals surface area contributed by atoms with Gasteiger partial charge in [-0.05, 0) is 0 Å². The molecule has 0 saturated heterocycles. The molecular formula is C5H9O2S. The maximum atomic E-state index is 10.5. The maximum absolute atomic E-state index is 10.5. The molecule has 0 bridgehead atoms. The zero-order chi connectivity index (χ0) is 6.57. The third-order valence-electron chi connectivity index (χ3n) is 0.854. The molecule has 0 rings (SSSR count). The van der Waals surface area contributed by atoms with Crippen molar-refractivity contribution in [2.24, 2.45) is 5.92 Å². The summed E-state index contributed by atoms with van der Waals surface area (Å²) in [5.41, 5.74) is 0. The first kappa shape index (κ1) is 7.82. The van der Waals surface area contributed by atoms with E-state index in [1.807, 2.05) is 0 Å². The predicted octanol–water partition coefficient (Wildman–Crippen LogP) is 0.993. The average molecular weight is 133 g/mol. The highest BCUT2D eigenvalue weighted by atomic mass is 32.1. The molecule has 3 heteroatoms. The minimum Gasteiger partial charge on any atom is -0.469 e. The quantitative estimate of drug-likeness (QED) is 0.525. The minimum atomic E-state index is -0.222. The molecule has 0 spiro atoms. The van der Waals surface area contributed by atoms with E-state index in [1.165, 1.54) is 7.11 Å². The van der Waals surface area contributed by atoms with E-state index in [4.69, 9.17) is 0 Å². The highest BCUT2D eigenvalue weighted by Crippen LogP contribution is 1.98. The standard InChI is InChI=1S/C5H9O2S/c1-4(3-8)5(6)7-2/h4H,3H2,1-2H3. The molecule has 0 aliphatic carbocycles. The number of methoxy groups -OCH3 is 1. The van der Waals surface area contributed by atoms with Crippen LogP contribution in [0.25, 0.3) is 0 Å². The first-order chi connectivity index (χ1) is 3.72. The largest absolute Gasteiger partial charge is 0.469 e. The summed E-state index contributed by atoms with van der Waals surface area (Å²) in [7, 11) is 1.36. The Bertz CT molecular complexity index is 82.5. The van der Waals surface area contributed by atoms with E-state index in [9.17, 15) is 4.79 Å². The predicted molar refractivity (Wildman–Crippen MR) is 33.6 cm³/mol. The molecule has 2 nitrogen and oxygen atoms in total. The van der Waals surface area contributed by atoms with Crippen molar-refractivity contribution in [3.63, 3.8) is 0 Å². The fraction of sp³-hybridized carbons (Fsp3) is 0.800. The van der Waals surface area contributed by atoms with Crippen molar-refractivity contribution in [3.05, 3.63) is 0 Å². The van der Waals surface area contributed by atoms with Gasteiger partial charge in [-0.1, -0.05) is 19.6 Å². The van der Waals surface area contributed by atoms with Gasteiger partial charge >= 0.3 is 5.97 Å². The van der Waals surface area contributed by atoms with Crippen LogP contribution < -0.4 is 0 Å². The van der Waals surface area contributed by atoms with Gasteiger partial charge in [-0.15, -0.1) is 0 Å². The van der Waals surface area contributed by atoms with Crippen LogP contribution in [0.3, 0.4) is 0 Å². The second-order valence-electron chi connectivity index (χ2n) is 1.59. The molecule has 0 aromatic rings.